The van der Waals surface area contributed by atoms with Gasteiger partial charge in [-0.2, -0.15) is 0 Å². The van der Waals surface area contributed by atoms with E-state index < -0.39 is 23.3 Å². The third-order valence-electron chi connectivity index (χ3n) is 8.17. The molecule has 5 nitrogen and oxygen atoms in total. The highest BCUT2D eigenvalue weighted by Crippen LogP contribution is 2.44. The number of ether oxygens (including phenoxy) is 2. The maximum Gasteiger partial charge on any atom is 0.159 e. The van der Waals surface area contributed by atoms with Gasteiger partial charge in [0.15, 0.2) is 6.29 Å². The summed E-state index contributed by atoms with van der Waals surface area (Å²) >= 11 is 0. The number of hydrogen-bond acceptors (Lipinski definition) is 4. The molecule has 1 fully saturated rings. The Kier molecular flexibility index (Phi) is 7.50. The predicted octanol–water partition coefficient (Wildman–Crippen LogP) is 6.37. The third kappa shape index (κ3) is 5.06. The molecule has 1 aromatic heterocycles. The molecule has 1 saturated heterocycles. The molecule has 0 saturated carbocycles. The van der Waals surface area contributed by atoms with Gasteiger partial charge in [0.2, 0.25) is 0 Å². The number of rotatable bonds is 7. The number of nitrogens with one attached hydrogen (secondary N) is 1. The summed E-state index contributed by atoms with van der Waals surface area (Å²) in [6.07, 6.45) is 1.99. The molecule has 0 aliphatic carbocycles. The number of para-hydroxylation sites is 1. The minimum atomic E-state index is -1.53. The van der Waals surface area contributed by atoms with Crippen molar-refractivity contribution in [3.8, 4) is 0 Å². The van der Waals surface area contributed by atoms with E-state index in [0.717, 1.165) is 35.0 Å². The van der Waals surface area contributed by atoms with Crippen LogP contribution in [0.25, 0.3) is 10.9 Å². The van der Waals surface area contributed by atoms with E-state index in [2.05, 4.69) is 4.98 Å². The lowest BCUT2D eigenvalue weighted by atomic mass is 9.87. The number of aromatic nitrogens is 1. The summed E-state index contributed by atoms with van der Waals surface area (Å²) in [7, 11) is 3.25. The summed E-state index contributed by atoms with van der Waals surface area (Å²) in [6, 6.07) is 9.90. The number of piperidine rings is 1. The number of methoxy groups -OCH3 is 2. The molecule has 3 aromatic rings. The van der Waals surface area contributed by atoms with Crippen molar-refractivity contribution in [1.29, 1.82) is 0 Å². The molecule has 5 rings (SSSR count). The summed E-state index contributed by atoms with van der Waals surface area (Å²) in [6.45, 7) is 6.39. The van der Waals surface area contributed by atoms with Gasteiger partial charge in [0.1, 0.15) is 17.3 Å². The van der Waals surface area contributed by atoms with E-state index >= 15 is 13.2 Å². The second-order valence-electron chi connectivity index (χ2n) is 11.4. The molecule has 2 aliphatic heterocycles. The molecule has 2 aromatic carbocycles. The van der Waals surface area contributed by atoms with E-state index in [1.807, 2.05) is 41.0 Å². The zero-order valence-corrected chi connectivity index (χ0v) is 22.9. The fraction of sp³-hybridized carbons (Fsp3) is 0.533. The van der Waals surface area contributed by atoms with Crippen LogP contribution in [-0.4, -0.2) is 61.7 Å². The minimum Gasteiger partial charge on any atom is -0.371 e. The first kappa shape index (κ1) is 27.0. The van der Waals surface area contributed by atoms with Gasteiger partial charge in [-0.1, -0.05) is 18.2 Å². The standard InChI is InChI=1S/C30H38F3N3O2/c1-18-14-22-21-8-6-7-9-25(21)34-27(22)28(36(18)17-30(2,3)33)26-23(31)15-20(16-24(26)32)35-12-10-19(11-13-35)29(37-4)38-5/h6-9,15-16,18-19,28-29,34H,10-14,17H2,1-5H3/t18-,28-/m1/s1. The molecule has 0 bridgehead atoms. The summed E-state index contributed by atoms with van der Waals surface area (Å²) < 4.78 is 57.8. The van der Waals surface area contributed by atoms with Gasteiger partial charge < -0.3 is 19.4 Å². The number of H-pyrrole nitrogens is 1. The molecule has 0 unspecified atom stereocenters. The average Bonchev–Trinajstić information content (AvgIpc) is 3.24. The van der Waals surface area contributed by atoms with E-state index in [9.17, 15) is 0 Å². The Morgan fingerprint density at radius 3 is 2.29 bits per heavy atom. The van der Waals surface area contributed by atoms with Crippen LogP contribution in [0.2, 0.25) is 0 Å². The topological polar surface area (TPSA) is 40.7 Å². The van der Waals surface area contributed by atoms with Gasteiger partial charge in [-0.3, -0.25) is 4.90 Å². The highest BCUT2D eigenvalue weighted by molar-refractivity contribution is 5.85. The summed E-state index contributed by atoms with van der Waals surface area (Å²) in [5.41, 5.74) is 1.65. The SMILES string of the molecule is COC(OC)C1CCN(c2cc(F)c([C@@H]3c4[nH]c5ccccc5c4C[C@@H](C)N3CC(C)(C)F)c(F)c2)CC1. The van der Waals surface area contributed by atoms with Crippen LogP contribution in [0.5, 0.6) is 0 Å². The molecule has 206 valence electrons. The van der Waals surface area contributed by atoms with Gasteiger partial charge in [0.25, 0.3) is 0 Å². The zero-order chi connectivity index (χ0) is 27.2. The van der Waals surface area contributed by atoms with Crippen molar-refractivity contribution >= 4 is 16.6 Å². The molecule has 3 heterocycles. The van der Waals surface area contributed by atoms with Crippen molar-refractivity contribution in [3.63, 3.8) is 0 Å². The highest BCUT2D eigenvalue weighted by Gasteiger charge is 2.41. The smallest absolute Gasteiger partial charge is 0.159 e. The number of anilines is 1. The van der Waals surface area contributed by atoms with Crippen LogP contribution in [0.3, 0.4) is 0 Å². The third-order valence-corrected chi connectivity index (χ3v) is 8.17. The van der Waals surface area contributed by atoms with Crippen LogP contribution in [0.15, 0.2) is 36.4 Å². The molecular weight excluding hydrogens is 491 g/mol. The molecule has 38 heavy (non-hydrogen) atoms. The van der Waals surface area contributed by atoms with Crippen molar-refractivity contribution in [2.75, 3.05) is 38.8 Å². The maximum absolute atomic E-state index is 16.0. The maximum atomic E-state index is 16.0. The Balaban J connectivity index is 1.52. The van der Waals surface area contributed by atoms with E-state index in [1.54, 1.807) is 14.2 Å². The average molecular weight is 530 g/mol. The van der Waals surface area contributed by atoms with Crippen LogP contribution < -0.4 is 4.90 Å². The minimum absolute atomic E-state index is 0.0360. The Bertz CT molecular complexity index is 1250. The fourth-order valence-corrected chi connectivity index (χ4v) is 6.42. The summed E-state index contributed by atoms with van der Waals surface area (Å²) in [5.74, 6) is -0.990. The molecule has 1 N–H and O–H groups in total. The number of fused-ring (bicyclic) bond motifs is 3. The van der Waals surface area contributed by atoms with Gasteiger partial charge >= 0.3 is 0 Å². The van der Waals surface area contributed by atoms with E-state index in [4.69, 9.17) is 9.47 Å². The second kappa shape index (κ2) is 10.5. The second-order valence-corrected chi connectivity index (χ2v) is 11.4. The monoisotopic (exact) mass is 529 g/mol. The number of hydrogen-bond donors (Lipinski definition) is 1. The first-order chi connectivity index (χ1) is 18.1. The van der Waals surface area contributed by atoms with Crippen molar-refractivity contribution in [2.24, 2.45) is 5.92 Å². The highest BCUT2D eigenvalue weighted by atomic mass is 19.1. The predicted molar refractivity (Wildman–Crippen MR) is 144 cm³/mol. The lowest BCUT2D eigenvalue weighted by Crippen LogP contribution is -2.48. The summed E-state index contributed by atoms with van der Waals surface area (Å²) in [4.78, 5) is 7.34. The van der Waals surface area contributed by atoms with Crippen molar-refractivity contribution in [3.05, 3.63) is 64.9 Å². The lowest BCUT2D eigenvalue weighted by molar-refractivity contribution is -0.141. The number of benzene rings is 2. The van der Waals surface area contributed by atoms with Gasteiger partial charge in [0, 0.05) is 73.7 Å². The largest absolute Gasteiger partial charge is 0.371 e. The molecule has 8 heteroatoms. The Morgan fingerprint density at radius 1 is 1.05 bits per heavy atom. The van der Waals surface area contributed by atoms with Crippen molar-refractivity contribution in [1.82, 2.24) is 9.88 Å². The van der Waals surface area contributed by atoms with E-state index in [0.29, 0.717) is 25.2 Å². The van der Waals surface area contributed by atoms with Crippen molar-refractivity contribution < 1.29 is 22.6 Å². The molecule has 0 spiro atoms. The fourth-order valence-electron chi connectivity index (χ4n) is 6.42. The molecule has 2 atom stereocenters. The Morgan fingerprint density at radius 2 is 1.68 bits per heavy atom. The molecule has 0 radical (unpaired) electrons. The van der Waals surface area contributed by atoms with Crippen LogP contribution in [0.4, 0.5) is 18.9 Å². The van der Waals surface area contributed by atoms with Crippen LogP contribution in [-0.2, 0) is 15.9 Å². The van der Waals surface area contributed by atoms with Gasteiger partial charge in [-0.05, 0) is 63.8 Å². The first-order valence-electron chi connectivity index (χ1n) is 13.4. The number of alkyl halides is 1. The number of nitrogens with zero attached hydrogens (tertiary/aromatic N) is 2. The van der Waals surface area contributed by atoms with Gasteiger partial charge in [0.05, 0.1) is 6.04 Å². The Hall–Kier alpha value is -2.55. The van der Waals surface area contributed by atoms with Crippen LogP contribution in [0, 0.1) is 17.6 Å². The molecule has 2 aliphatic rings. The lowest BCUT2D eigenvalue weighted by Gasteiger charge is -2.43. The Labute approximate surface area is 222 Å². The number of halogens is 3. The normalized spacial score (nSPS) is 21.4. The van der Waals surface area contributed by atoms with E-state index in [-0.39, 0.29) is 30.4 Å². The van der Waals surface area contributed by atoms with Gasteiger partial charge in [-0.15, -0.1) is 0 Å². The van der Waals surface area contributed by atoms with Gasteiger partial charge in [-0.25, -0.2) is 13.2 Å². The first-order valence-corrected chi connectivity index (χ1v) is 13.4. The molecule has 0 amide bonds. The zero-order valence-electron chi connectivity index (χ0n) is 22.9. The van der Waals surface area contributed by atoms with E-state index in [1.165, 1.54) is 26.0 Å². The van der Waals surface area contributed by atoms with Crippen molar-refractivity contribution in [2.45, 2.75) is 64.1 Å². The number of aromatic amines is 1. The quantitative estimate of drug-likeness (QED) is 0.362. The van der Waals surface area contributed by atoms with Crippen LogP contribution >= 0.6 is 0 Å². The van der Waals surface area contributed by atoms with Crippen LogP contribution in [0.1, 0.15) is 56.5 Å². The summed E-state index contributed by atoms with van der Waals surface area (Å²) in [5, 5.41) is 1.05. The molecular formula is C30H38F3N3O2.